The fourth-order valence-corrected chi connectivity index (χ4v) is 6.97. The highest BCUT2D eigenvalue weighted by Crippen LogP contribution is 2.52. The Kier molecular flexibility index (Phi) is 5.91. The molecule has 0 radical (unpaired) electrons. The Bertz CT molecular complexity index is 1480. The number of halogens is 1. The van der Waals surface area contributed by atoms with E-state index in [-0.39, 0.29) is 12.2 Å². The second-order valence-electron chi connectivity index (χ2n) is 8.72. The van der Waals surface area contributed by atoms with Crippen LogP contribution in [0.2, 0.25) is 0 Å². The third-order valence-electron chi connectivity index (χ3n) is 6.48. The fraction of sp³-hybridized carbons (Fsp3) is 0.409. The molecule has 0 aromatic carbocycles. The van der Waals surface area contributed by atoms with E-state index in [1.807, 2.05) is 0 Å². The van der Waals surface area contributed by atoms with E-state index in [4.69, 9.17) is 5.73 Å². The molecule has 1 fully saturated rings. The van der Waals surface area contributed by atoms with Crippen LogP contribution in [0.5, 0.6) is 0 Å². The second-order valence-corrected chi connectivity index (χ2v) is 10.6. The van der Waals surface area contributed by atoms with Crippen molar-refractivity contribution in [3.63, 3.8) is 0 Å². The van der Waals surface area contributed by atoms with Crippen LogP contribution in [0.3, 0.4) is 0 Å². The number of hydrogen-bond donors (Lipinski definition) is 1. The first-order chi connectivity index (χ1) is 16.7. The molecule has 3 aromatic rings. The number of aromatic nitrogens is 4. The van der Waals surface area contributed by atoms with Crippen LogP contribution in [0, 0.1) is 0 Å². The zero-order chi connectivity index (χ0) is 25.0. The summed E-state index contributed by atoms with van der Waals surface area (Å²) in [5, 5.41) is 0.787. The molecule has 10 nitrogen and oxygen atoms in total. The Morgan fingerprint density at radius 2 is 1.94 bits per heavy atom. The molecule has 0 spiro atoms. The van der Waals surface area contributed by atoms with E-state index < -0.39 is 27.7 Å². The fourth-order valence-electron chi connectivity index (χ4n) is 4.68. The van der Waals surface area contributed by atoms with E-state index in [1.165, 1.54) is 27.9 Å². The van der Waals surface area contributed by atoms with Crippen molar-refractivity contribution >= 4 is 50.9 Å². The van der Waals surface area contributed by atoms with Crippen molar-refractivity contribution in [2.45, 2.75) is 31.2 Å². The number of rotatable bonds is 5. The summed E-state index contributed by atoms with van der Waals surface area (Å²) in [6, 6.07) is 0.333. The number of thiophene rings is 1. The first kappa shape index (κ1) is 23.5. The molecule has 0 aliphatic carbocycles. The summed E-state index contributed by atoms with van der Waals surface area (Å²) >= 11 is 2.10. The van der Waals surface area contributed by atoms with Gasteiger partial charge in [-0.1, -0.05) is 11.8 Å². The summed E-state index contributed by atoms with van der Waals surface area (Å²) in [4.78, 5) is 50.4. The summed E-state index contributed by atoms with van der Waals surface area (Å²) in [5.74, 6) is -0.0669. The highest BCUT2D eigenvalue weighted by atomic mass is 32.2. The summed E-state index contributed by atoms with van der Waals surface area (Å²) < 4.78 is 17.9. The van der Waals surface area contributed by atoms with Gasteiger partial charge in [0.15, 0.2) is 5.16 Å². The molecule has 2 atom stereocenters. The van der Waals surface area contributed by atoms with Crippen molar-refractivity contribution in [2.24, 2.45) is 19.8 Å². The average Bonchev–Trinajstić information content (AvgIpc) is 3.53. The molecule has 0 bridgehead atoms. The zero-order valence-corrected chi connectivity index (χ0v) is 21.0. The molecule has 184 valence electrons. The van der Waals surface area contributed by atoms with Gasteiger partial charge in [-0.05, 0) is 25.1 Å². The van der Waals surface area contributed by atoms with Gasteiger partial charge in [0.1, 0.15) is 10.2 Å². The van der Waals surface area contributed by atoms with Gasteiger partial charge in [0.2, 0.25) is 11.9 Å². The first-order valence-corrected chi connectivity index (χ1v) is 12.8. The summed E-state index contributed by atoms with van der Waals surface area (Å²) in [7, 11) is 2.98. The van der Waals surface area contributed by atoms with Crippen molar-refractivity contribution in [3.8, 4) is 0 Å². The number of primary amides is 1. The monoisotopic (exact) mass is 517 g/mol. The number of carbonyl (C=O) groups excluding carboxylic acids is 1. The molecular formula is C22H24FN7O3S2. The minimum absolute atomic E-state index is 0.154. The van der Waals surface area contributed by atoms with Gasteiger partial charge in [0, 0.05) is 50.2 Å². The van der Waals surface area contributed by atoms with Gasteiger partial charge < -0.3 is 15.5 Å². The van der Waals surface area contributed by atoms with E-state index in [0.29, 0.717) is 33.3 Å². The standard InChI is InChI=1S/C22H24FN7O3S2/c1-11-5-4-6-29(11)21-25-7-12(8-26-21)16-17(23)35-19(30(16)9-14(24)31)13-10-34-20-15(13)18(32)27(2)22(33)28(20)3/h7-8,10-11,19H,4-6,9H2,1-3H3,(H2,24,31)/t11?,19-/m0/s1. The second kappa shape index (κ2) is 8.79. The van der Waals surface area contributed by atoms with E-state index >= 15 is 4.39 Å². The number of amides is 1. The number of hydrogen-bond acceptors (Lipinski definition) is 9. The minimum Gasteiger partial charge on any atom is -0.368 e. The van der Waals surface area contributed by atoms with Gasteiger partial charge in [-0.25, -0.2) is 14.8 Å². The van der Waals surface area contributed by atoms with Crippen molar-refractivity contribution < 1.29 is 9.18 Å². The molecule has 2 aliphatic heterocycles. The topological polar surface area (TPSA) is 119 Å². The van der Waals surface area contributed by atoms with Crippen LogP contribution < -0.4 is 21.9 Å². The molecule has 1 unspecified atom stereocenters. The van der Waals surface area contributed by atoms with Gasteiger partial charge in [0.05, 0.1) is 17.6 Å². The highest BCUT2D eigenvalue weighted by molar-refractivity contribution is 8.03. The lowest BCUT2D eigenvalue weighted by Crippen LogP contribution is -2.37. The van der Waals surface area contributed by atoms with Crippen LogP contribution in [-0.4, -0.2) is 49.0 Å². The Morgan fingerprint density at radius 3 is 2.57 bits per heavy atom. The Balaban J connectivity index is 1.57. The SMILES string of the molecule is CC1CCCN1c1ncc(C2=C(F)S[C@@H](c3csc4c3c(=O)n(C)c(=O)n4C)N2CC(N)=O)cn1. The average molecular weight is 518 g/mol. The molecule has 2 N–H and O–H groups in total. The number of aryl methyl sites for hydroxylation is 1. The molecular weight excluding hydrogens is 493 g/mol. The molecule has 35 heavy (non-hydrogen) atoms. The maximum Gasteiger partial charge on any atom is 0.331 e. The van der Waals surface area contributed by atoms with E-state index in [1.54, 1.807) is 24.8 Å². The lowest BCUT2D eigenvalue weighted by atomic mass is 10.1. The predicted molar refractivity (Wildman–Crippen MR) is 135 cm³/mol. The molecule has 3 aromatic heterocycles. The highest BCUT2D eigenvalue weighted by Gasteiger charge is 2.38. The third kappa shape index (κ3) is 3.82. The van der Waals surface area contributed by atoms with Crippen molar-refractivity contribution in [1.82, 2.24) is 24.0 Å². The largest absolute Gasteiger partial charge is 0.368 e. The number of fused-ring (bicyclic) bond motifs is 1. The van der Waals surface area contributed by atoms with Crippen molar-refractivity contribution in [1.29, 1.82) is 0 Å². The van der Waals surface area contributed by atoms with E-state index in [0.717, 1.165) is 35.7 Å². The molecule has 13 heteroatoms. The quantitative estimate of drug-likeness (QED) is 0.545. The number of nitrogens with two attached hydrogens (primary N) is 1. The predicted octanol–water partition coefficient (Wildman–Crippen LogP) is 1.91. The Hall–Kier alpha value is -3.19. The molecule has 0 saturated carbocycles. The van der Waals surface area contributed by atoms with Gasteiger partial charge in [-0.2, -0.15) is 4.39 Å². The van der Waals surface area contributed by atoms with Crippen LogP contribution >= 0.6 is 23.1 Å². The maximum atomic E-state index is 15.5. The summed E-state index contributed by atoms with van der Waals surface area (Å²) in [5.41, 5.74) is 5.69. The first-order valence-electron chi connectivity index (χ1n) is 11.1. The van der Waals surface area contributed by atoms with Gasteiger partial charge in [-0.15, -0.1) is 11.3 Å². The van der Waals surface area contributed by atoms with Crippen LogP contribution in [0.4, 0.5) is 10.3 Å². The van der Waals surface area contributed by atoms with Gasteiger partial charge >= 0.3 is 5.69 Å². The smallest absolute Gasteiger partial charge is 0.331 e. The molecule has 5 heterocycles. The van der Waals surface area contributed by atoms with Gasteiger partial charge in [-0.3, -0.25) is 18.7 Å². The molecule has 1 amide bonds. The number of thioether (sulfide) groups is 1. The van der Waals surface area contributed by atoms with Crippen LogP contribution in [0.15, 0.2) is 32.5 Å². The number of anilines is 1. The zero-order valence-electron chi connectivity index (χ0n) is 19.4. The van der Waals surface area contributed by atoms with Crippen molar-refractivity contribution in [2.75, 3.05) is 18.0 Å². The number of carbonyl (C=O) groups is 1. The summed E-state index contributed by atoms with van der Waals surface area (Å²) in [6.07, 6.45) is 5.23. The lowest BCUT2D eigenvalue weighted by molar-refractivity contribution is -0.118. The minimum atomic E-state index is -0.727. The molecule has 2 aliphatic rings. The third-order valence-corrected chi connectivity index (χ3v) is 8.69. The maximum absolute atomic E-state index is 15.5. The normalized spacial score (nSPS) is 20.5. The van der Waals surface area contributed by atoms with Crippen molar-refractivity contribution in [3.05, 3.63) is 54.9 Å². The van der Waals surface area contributed by atoms with Crippen LogP contribution in [0.25, 0.3) is 15.9 Å². The number of nitrogens with zero attached hydrogens (tertiary/aromatic N) is 6. The van der Waals surface area contributed by atoms with Crippen LogP contribution in [0.1, 0.15) is 36.3 Å². The van der Waals surface area contributed by atoms with E-state index in [2.05, 4.69) is 21.8 Å². The Morgan fingerprint density at radius 1 is 1.23 bits per heavy atom. The Labute approximate surface area is 207 Å². The van der Waals surface area contributed by atoms with E-state index in [9.17, 15) is 14.4 Å². The molecule has 5 rings (SSSR count). The molecule has 1 saturated heterocycles. The van der Waals surface area contributed by atoms with Gasteiger partial charge in [0.25, 0.3) is 5.56 Å². The summed E-state index contributed by atoms with van der Waals surface area (Å²) in [6.45, 7) is 2.71. The van der Waals surface area contributed by atoms with Crippen LogP contribution in [-0.2, 0) is 18.9 Å². The lowest BCUT2D eigenvalue weighted by Gasteiger charge is -2.27.